The molecule has 1 fully saturated rings. The number of nitrogens with zero attached hydrogens (tertiary/aromatic N) is 1. The van der Waals surface area contributed by atoms with E-state index in [0.717, 1.165) is 25.0 Å². The third kappa shape index (κ3) is 4.66. The maximum Gasteiger partial charge on any atom is 0.416 e. The molecule has 7 heteroatoms. The third-order valence-electron chi connectivity index (χ3n) is 5.10. The molecule has 0 aromatic heterocycles. The Kier molecular flexibility index (Phi) is 5.98. The number of likely N-dealkylation sites (tertiary alicyclic amines) is 1. The smallest absolute Gasteiger partial charge is 0.389 e. The molecule has 1 saturated heterocycles. The van der Waals surface area contributed by atoms with Gasteiger partial charge in [0, 0.05) is 18.8 Å². The van der Waals surface area contributed by atoms with E-state index in [0.29, 0.717) is 25.9 Å². The summed E-state index contributed by atoms with van der Waals surface area (Å²) in [5, 5.41) is 13.3. The van der Waals surface area contributed by atoms with Crippen molar-refractivity contribution < 1.29 is 23.1 Å². The fourth-order valence-corrected chi connectivity index (χ4v) is 3.53. The standard InChI is InChI=1S/C18H25F3N2O2/c1-3-13(4-2)17(25)8-10-23(11-9-17)16(24)22-15-7-5-6-14(12-15)18(19,20)21/h5-7,12-13,25H,3-4,8-11H2,1-2H3,(H,22,24). The van der Waals surface area contributed by atoms with Gasteiger partial charge < -0.3 is 15.3 Å². The lowest BCUT2D eigenvalue weighted by atomic mass is 9.77. The molecule has 2 amide bonds. The summed E-state index contributed by atoms with van der Waals surface area (Å²) in [6, 6.07) is 4.14. The monoisotopic (exact) mass is 358 g/mol. The largest absolute Gasteiger partial charge is 0.416 e. The van der Waals surface area contributed by atoms with Crippen LogP contribution >= 0.6 is 0 Å². The molecule has 4 nitrogen and oxygen atoms in total. The van der Waals surface area contributed by atoms with Crippen molar-refractivity contribution in [2.24, 2.45) is 5.92 Å². The number of amides is 2. The highest BCUT2D eigenvalue weighted by Crippen LogP contribution is 2.34. The summed E-state index contributed by atoms with van der Waals surface area (Å²) in [6.45, 7) is 4.85. The fraction of sp³-hybridized carbons (Fsp3) is 0.611. The first kappa shape index (κ1) is 19.6. The summed E-state index contributed by atoms with van der Waals surface area (Å²) < 4.78 is 38.2. The normalized spacial score (nSPS) is 17.6. The first-order valence-corrected chi connectivity index (χ1v) is 8.65. The van der Waals surface area contributed by atoms with Crippen molar-refractivity contribution >= 4 is 11.7 Å². The van der Waals surface area contributed by atoms with E-state index in [1.165, 1.54) is 17.0 Å². The van der Waals surface area contributed by atoms with Gasteiger partial charge in [0.2, 0.25) is 0 Å². The number of benzene rings is 1. The predicted octanol–water partition coefficient (Wildman–Crippen LogP) is 4.50. The molecule has 0 atom stereocenters. The minimum atomic E-state index is -4.45. The molecule has 1 aromatic carbocycles. The van der Waals surface area contributed by atoms with Crippen molar-refractivity contribution in [3.8, 4) is 0 Å². The van der Waals surface area contributed by atoms with Gasteiger partial charge in [0.1, 0.15) is 0 Å². The van der Waals surface area contributed by atoms with Gasteiger partial charge in [0.15, 0.2) is 0 Å². The molecule has 0 aliphatic carbocycles. The molecule has 0 saturated carbocycles. The zero-order valence-electron chi connectivity index (χ0n) is 14.6. The van der Waals surface area contributed by atoms with Gasteiger partial charge in [-0.3, -0.25) is 0 Å². The summed E-state index contributed by atoms with van der Waals surface area (Å²) in [7, 11) is 0. The van der Waals surface area contributed by atoms with Crippen LogP contribution in [0.3, 0.4) is 0 Å². The molecule has 0 radical (unpaired) electrons. The average Bonchev–Trinajstić information content (AvgIpc) is 2.56. The maximum atomic E-state index is 12.7. The number of anilines is 1. The number of hydrogen-bond donors (Lipinski definition) is 2. The van der Waals surface area contributed by atoms with Gasteiger partial charge in [-0.15, -0.1) is 0 Å². The topological polar surface area (TPSA) is 52.6 Å². The fourth-order valence-electron chi connectivity index (χ4n) is 3.53. The molecule has 2 rings (SSSR count). The van der Waals surface area contributed by atoms with Crippen LogP contribution in [0.2, 0.25) is 0 Å². The van der Waals surface area contributed by atoms with E-state index in [2.05, 4.69) is 5.32 Å². The summed E-state index contributed by atoms with van der Waals surface area (Å²) in [5.74, 6) is 0.196. The Bertz CT molecular complexity index is 592. The number of urea groups is 1. The van der Waals surface area contributed by atoms with E-state index in [9.17, 15) is 23.1 Å². The highest BCUT2D eigenvalue weighted by molar-refractivity contribution is 5.89. The van der Waals surface area contributed by atoms with Crippen LogP contribution < -0.4 is 5.32 Å². The first-order valence-electron chi connectivity index (χ1n) is 8.65. The lowest BCUT2D eigenvalue weighted by molar-refractivity contribution is -0.137. The van der Waals surface area contributed by atoms with Gasteiger partial charge in [-0.2, -0.15) is 13.2 Å². The van der Waals surface area contributed by atoms with Crippen molar-refractivity contribution in [2.45, 2.75) is 51.3 Å². The molecule has 1 aliphatic heterocycles. The van der Waals surface area contributed by atoms with Gasteiger partial charge >= 0.3 is 12.2 Å². The average molecular weight is 358 g/mol. The zero-order chi connectivity index (χ0) is 18.7. The molecule has 25 heavy (non-hydrogen) atoms. The Labute approximate surface area is 146 Å². The molecule has 0 bridgehead atoms. The van der Waals surface area contributed by atoms with E-state index in [4.69, 9.17) is 0 Å². The van der Waals surface area contributed by atoms with Crippen molar-refractivity contribution in [3.05, 3.63) is 29.8 Å². The number of rotatable bonds is 4. The molecule has 1 aromatic rings. The Hall–Kier alpha value is -1.76. The second-order valence-electron chi connectivity index (χ2n) is 6.61. The van der Waals surface area contributed by atoms with Crippen molar-refractivity contribution in [1.82, 2.24) is 4.90 Å². The maximum absolute atomic E-state index is 12.7. The van der Waals surface area contributed by atoms with Gasteiger partial charge in [0.05, 0.1) is 11.2 Å². The van der Waals surface area contributed by atoms with Crippen LogP contribution in [0.25, 0.3) is 0 Å². The molecule has 0 unspecified atom stereocenters. The molecule has 1 heterocycles. The summed E-state index contributed by atoms with van der Waals surface area (Å²) >= 11 is 0. The quantitative estimate of drug-likeness (QED) is 0.833. The van der Waals surface area contributed by atoms with Crippen molar-refractivity contribution in [1.29, 1.82) is 0 Å². The van der Waals surface area contributed by atoms with Crippen LogP contribution in [0.15, 0.2) is 24.3 Å². The van der Waals surface area contributed by atoms with E-state index in [-0.39, 0.29) is 11.6 Å². The SMILES string of the molecule is CCC(CC)C1(O)CCN(C(=O)Nc2cccc(C(F)(F)F)c2)CC1. The van der Waals surface area contributed by atoms with Crippen LogP contribution in [0.1, 0.15) is 45.1 Å². The number of alkyl halides is 3. The van der Waals surface area contributed by atoms with Crippen LogP contribution in [-0.4, -0.2) is 34.7 Å². The lowest BCUT2D eigenvalue weighted by Crippen LogP contribution is -2.51. The summed E-state index contributed by atoms with van der Waals surface area (Å²) in [4.78, 5) is 13.8. The molecule has 0 spiro atoms. The number of piperidine rings is 1. The van der Waals surface area contributed by atoms with Crippen LogP contribution in [0.4, 0.5) is 23.7 Å². The number of halogens is 3. The van der Waals surface area contributed by atoms with Gasteiger partial charge in [-0.25, -0.2) is 4.79 Å². The van der Waals surface area contributed by atoms with Gasteiger partial charge in [-0.1, -0.05) is 32.8 Å². The summed E-state index contributed by atoms with van der Waals surface area (Å²) in [6.07, 6.45) is -1.73. The van der Waals surface area contributed by atoms with Crippen molar-refractivity contribution in [2.75, 3.05) is 18.4 Å². The van der Waals surface area contributed by atoms with Gasteiger partial charge in [0.25, 0.3) is 0 Å². The van der Waals surface area contributed by atoms with E-state index >= 15 is 0 Å². The third-order valence-corrected chi connectivity index (χ3v) is 5.10. The van der Waals surface area contributed by atoms with Crippen LogP contribution in [-0.2, 0) is 6.18 Å². The number of carbonyl (C=O) groups excluding carboxylic acids is 1. The second kappa shape index (κ2) is 7.64. The predicted molar refractivity (Wildman–Crippen MR) is 90.3 cm³/mol. The number of hydrogen-bond acceptors (Lipinski definition) is 2. The number of carbonyl (C=O) groups is 1. The van der Waals surface area contributed by atoms with E-state index in [1.54, 1.807) is 0 Å². The zero-order valence-corrected chi connectivity index (χ0v) is 14.6. The number of aliphatic hydroxyl groups is 1. The molecule has 2 N–H and O–H groups in total. The van der Waals surface area contributed by atoms with Crippen LogP contribution in [0.5, 0.6) is 0 Å². The second-order valence-corrected chi connectivity index (χ2v) is 6.61. The molecule has 1 aliphatic rings. The Morgan fingerprint density at radius 3 is 2.40 bits per heavy atom. The Morgan fingerprint density at radius 1 is 1.28 bits per heavy atom. The van der Waals surface area contributed by atoms with E-state index in [1.807, 2.05) is 13.8 Å². The highest BCUT2D eigenvalue weighted by Gasteiger charge is 2.39. The van der Waals surface area contributed by atoms with Gasteiger partial charge in [-0.05, 0) is 37.0 Å². The minimum Gasteiger partial charge on any atom is -0.389 e. The number of nitrogens with one attached hydrogen (secondary N) is 1. The highest BCUT2D eigenvalue weighted by atomic mass is 19.4. The minimum absolute atomic E-state index is 0.112. The Balaban J connectivity index is 1.97. The first-order chi connectivity index (χ1) is 11.7. The van der Waals surface area contributed by atoms with Crippen molar-refractivity contribution in [3.63, 3.8) is 0 Å². The molecular formula is C18H25F3N2O2. The Morgan fingerprint density at radius 2 is 1.88 bits per heavy atom. The van der Waals surface area contributed by atoms with Crippen LogP contribution in [0, 0.1) is 5.92 Å². The summed E-state index contributed by atoms with van der Waals surface area (Å²) in [5.41, 5.74) is -1.45. The molecular weight excluding hydrogens is 333 g/mol. The molecule has 140 valence electrons. The van der Waals surface area contributed by atoms with E-state index < -0.39 is 23.4 Å². The lowest BCUT2D eigenvalue weighted by Gasteiger charge is -2.42.